The number of aliphatic hydroxyl groups is 2. The van der Waals surface area contributed by atoms with E-state index in [1.54, 1.807) is 24.3 Å². The van der Waals surface area contributed by atoms with Crippen molar-refractivity contribution in [1.29, 1.82) is 0 Å². The van der Waals surface area contributed by atoms with E-state index in [1.165, 1.54) is 44.6 Å². The third kappa shape index (κ3) is 12.3. The maximum atomic E-state index is 15.3. The second kappa shape index (κ2) is 25.6. The molecular formula is C56H75FN2O9. The van der Waals surface area contributed by atoms with Crippen molar-refractivity contribution in [3.8, 4) is 23.0 Å². The van der Waals surface area contributed by atoms with E-state index in [-0.39, 0.29) is 69.2 Å². The molecule has 1 fully saturated rings. The number of oxime groups is 1. The van der Waals surface area contributed by atoms with Gasteiger partial charge in [0.2, 0.25) is 18.5 Å². The Bertz CT molecular complexity index is 2160. The van der Waals surface area contributed by atoms with E-state index in [1.807, 2.05) is 48.2 Å². The van der Waals surface area contributed by atoms with E-state index in [9.17, 15) is 14.6 Å². The van der Waals surface area contributed by atoms with Gasteiger partial charge < -0.3 is 43.6 Å². The lowest BCUT2D eigenvalue weighted by Crippen LogP contribution is -2.70. The monoisotopic (exact) mass is 939 g/mol. The smallest absolute Gasteiger partial charge is 0.239 e. The van der Waals surface area contributed by atoms with Gasteiger partial charge in [0.1, 0.15) is 36.6 Å². The molecule has 0 saturated heterocycles. The number of nitrogens with zero attached hydrogens (tertiary/aromatic N) is 2. The fraction of sp³-hybridized carbons (Fsp3) is 0.571. The van der Waals surface area contributed by atoms with Crippen molar-refractivity contribution in [2.45, 2.75) is 154 Å². The average Bonchev–Trinajstić information content (AvgIpc) is 3.83. The minimum absolute atomic E-state index is 0.000375. The van der Waals surface area contributed by atoms with Gasteiger partial charge in [-0.05, 0) is 98.4 Å². The summed E-state index contributed by atoms with van der Waals surface area (Å²) in [6.07, 6.45) is 19.6. The number of carbonyl (C=O) groups excluding carboxylic acids is 1. The van der Waals surface area contributed by atoms with Crippen LogP contribution in [0.2, 0.25) is 0 Å². The van der Waals surface area contributed by atoms with Crippen molar-refractivity contribution in [1.82, 2.24) is 4.90 Å². The summed E-state index contributed by atoms with van der Waals surface area (Å²) in [5, 5.41) is 24.9. The Labute approximate surface area is 403 Å². The molecule has 1 saturated carbocycles. The fourth-order valence-electron chi connectivity index (χ4n) is 11.0. The van der Waals surface area contributed by atoms with Gasteiger partial charge in [-0.3, -0.25) is 4.79 Å². The van der Waals surface area contributed by atoms with E-state index in [4.69, 9.17) is 33.7 Å². The number of allylic oxidation sites excluding steroid dienone is 1. The zero-order valence-corrected chi connectivity index (χ0v) is 40.5. The van der Waals surface area contributed by atoms with Crippen LogP contribution >= 0.6 is 0 Å². The highest BCUT2D eigenvalue weighted by molar-refractivity contribution is 6.03. The van der Waals surface area contributed by atoms with Gasteiger partial charge in [0, 0.05) is 49.6 Å². The lowest BCUT2D eigenvalue weighted by Gasteiger charge is -2.60. The predicted molar refractivity (Wildman–Crippen MR) is 262 cm³/mol. The van der Waals surface area contributed by atoms with Crippen LogP contribution in [0.4, 0.5) is 4.39 Å². The maximum absolute atomic E-state index is 15.3. The molecule has 0 radical (unpaired) electrons. The Morgan fingerprint density at radius 1 is 0.882 bits per heavy atom. The molecule has 68 heavy (non-hydrogen) atoms. The summed E-state index contributed by atoms with van der Waals surface area (Å²) in [6, 6.07) is 17.6. The molecule has 6 atom stereocenters. The van der Waals surface area contributed by atoms with E-state index in [0.717, 1.165) is 67.4 Å². The predicted octanol–water partition coefficient (Wildman–Crippen LogP) is 11.7. The second-order valence-corrected chi connectivity index (χ2v) is 18.9. The van der Waals surface area contributed by atoms with Crippen molar-refractivity contribution in [3.63, 3.8) is 0 Å². The minimum Gasteiger partial charge on any atom is -0.489 e. The summed E-state index contributed by atoms with van der Waals surface area (Å²) in [6.45, 7) is 9.40. The van der Waals surface area contributed by atoms with Gasteiger partial charge in [-0.1, -0.05) is 113 Å². The van der Waals surface area contributed by atoms with E-state index in [0.29, 0.717) is 60.9 Å². The Hall–Kier alpha value is -4.91. The molecule has 11 nitrogen and oxygen atoms in total. The van der Waals surface area contributed by atoms with Gasteiger partial charge >= 0.3 is 0 Å². The van der Waals surface area contributed by atoms with Gasteiger partial charge in [-0.25, -0.2) is 4.39 Å². The molecule has 3 aromatic carbocycles. The lowest BCUT2D eigenvalue weighted by molar-refractivity contribution is -0.258. The number of aliphatic hydroxyl groups excluding tert-OH is 2. The molecule has 0 spiro atoms. The molecule has 1 amide bonds. The van der Waals surface area contributed by atoms with Crippen LogP contribution in [0.3, 0.4) is 0 Å². The number of amides is 1. The first-order chi connectivity index (χ1) is 33.3. The third-order valence-corrected chi connectivity index (χ3v) is 14.3. The van der Waals surface area contributed by atoms with Crippen molar-refractivity contribution < 1.29 is 47.9 Å². The van der Waals surface area contributed by atoms with E-state index in [2.05, 4.69) is 19.6 Å². The van der Waals surface area contributed by atoms with Crippen molar-refractivity contribution in [2.75, 3.05) is 33.2 Å². The number of hydrogen-bond acceptors (Lipinski definition) is 10. The summed E-state index contributed by atoms with van der Waals surface area (Å²) < 4.78 is 47.4. The maximum Gasteiger partial charge on any atom is 0.239 e. The highest BCUT2D eigenvalue weighted by Gasteiger charge is 2.65. The Morgan fingerprint density at radius 2 is 1.62 bits per heavy atom. The molecule has 7 rings (SSSR count). The number of unbranched alkanes of at least 4 members (excludes halogenated alkanes) is 10. The molecule has 3 aromatic rings. The molecule has 2 aliphatic heterocycles. The van der Waals surface area contributed by atoms with Crippen molar-refractivity contribution in [3.05, 3.63) is 107 Å². The van der Waals surface area contributed by atoms with Gasteiger partial charge in [0.05, 0.1) is 18.2 Å². The zero-order chi connectivity index (χ0) is 47.7. The van der Waals surface area contributed by atoms with Crippen LogP contribution in [0.25, 0.3) is 0 Å². The molecule has 2 N–H and O–H groups in total. The highest BCUT2D eigenvalue weighted by atomic mass is 19.1. The molecule has 2 heterocycles. The molecule has 6 unspecified atom stereocenters. The first-order valence-corrected chi connectivity index (χ1v) is 25.6. The number of rotatable bonds is 29. The first kappa shape index (κ1) is 51.0. The molecule has 0 aromatic heterocycles. The zero-order valence-electron chi connectivity index (χ0n) is 40.5. The van der Waals surface area contributed by atoms with Crippen molar-refractivity contribution in [2.24, 2.45) is 22.9 Å². The van der Waals surface area contributed by atoms with Crippen LogP contribution in [-0.2, 0) is 27.5 Å². The van der Waals surface area contributed by atoms with E-state index < -0.39 is 17.7 Å². The van der Waals surface area contributed by atoms with Crippen LogP contribution in [0.1, 0.15) is 146 Å². The van der Waals surface area contributed by atoms with Gasteiger partial charge in [0.25, 0.3) is 0 Å². The number of fused-ring (bicyclic) bond motifs is 3. The summed E-state index contributed by atoms with van der Waals surface area (Å²) >= 11 is 0. The molecule has 2 aliphatic carbocycles. The van der Waals surface area contributed by atoms with E-state index >= 15 is 4.79 Å². The molecule has 0 bridgehead atoms. The molecule has 12 heteroatoms. The summed E-state index contributed by atoms with van der Waals surface area (Å²) in [4.78, 5) is 23.2. The normalized spacial score (nSPS) is 22.8. The Balaban J connectivity index is 1.35. The third-order valence-electron chi connectivity index (χ3n) is 14.3. The quantitative estimate of drug-likeness (QED) is 0.0397. The minimum atomic E-state index is -1.41. The Morgan fingerprint density at radius 3 is 2.37 bits per heavy atom. The largest absolute Gasteiger partial charge is 0.489 e. The number of halogens is 1. The summed E-state index contributed by atoms with van der Waals surface area (Å²) in [5.74, 6) is 0.183. The number of ether oxygens (including phenoxy) is 5. The molecule has 370 valence electrons. The first-order valence-electron chi connectivity index (χ1n) is 25.6. The average molecular weight is 939 g/mol. The van der Waals surface area contributed by atoms with Crippen molar-refractivity contribution >= 4 is 11.6 Å². The van der Waals surface area contributed by atoms with Crippen LogP contribution in [0.15, 0.2) is 90.1 Å². The van der Waals surface area contributed by atoms with Gasteiger partial charge in [0.15, 0.2) is 11.5 Å². The van der Waals surface area contributed by atoms with Crippen LogP contribution < -0.4 is 18.9 Å². The standard InChI is InChI=1S/C56H75FN2O9/c1-4-7-8-9-10-11-12-13-14-25-53(62)59(37-40-26-28-50-51(33-40)65-39-64-50)52-36-48(58-67-6-3)45-34-41(21-17-19-30-60)44(23-18-20-31-61)54-46-35-43(63-38-42-22-15-16-24-47(42)57)27-29-49(46)68-56(52,55(45)54)66-32-5-2/h5,15-16,22,24,26-29,33-35,41,44,52,54-55,60-61H,2,4,6-14,17-21,23,25,30-32,36-39H2,1,3H3. The van der Waals surface area contributed by atoms with Crippen LogP contribution in [-0.4, -0.2) is 71.8 Å². The number of carbonyl (C=O) groups is 1. The Kier molecular flexibility index (Phi) is 19.2. The van der Waals surface area contributed by atoms with Crippen LogP contribution in [0, 0.1) is 23.6 Å². The topological polar surface area (TPSA) is 129 Å². The SMILES string of the molecule is C=CCOC12Oc3ccc(OCc4ccccc4F)cc3C3C(CCCCO)C(CCCCO)C=C(C(=NOCC)CC1N(Cc1ccc4c(c1)OCO4)C(=O)CCCCCCCCCCC)C32. The second-order valence-electron chi connectivity index (χ2n) is 18.9. The van der Waals surface area contributed by atoms with Gasteiger partial charge in [-0.15, -0.1) is 6.58 Å². The number of benzene rings is 3. The highest BCUT2D eigenvalue weighted by Crippen LogP contribution is 2.62. The van der Waals surface area contributed by atoms with Gasteiger partial charge in [-0.2, -0.15) is 0 Å². The fourth-order valence-corrected chi connectivity index (χ4v) is 11.0. The molecule has 4 aliphatic rings. The van der Waals surface area contributed by atoms with Crippen LogP contribution in [0.5, 0.6) is 23.0 Å². The lowest BCUT2D eigenvalue weighted by atomic mass is 9.55. The summed E-state index contributed by atoms with van der Waals surface area (Å²) in [7, 11) is 0. The summed E-state index contributed by atoms with van der Waals surface area (Å²) in [5.41, 5.74) is 3.99. The number of hydrogen-bond donors (Lipinski definition) is 2. The molecular weight excluding hydrogens is 864 g/mol.